The van der Waals surface area contributed by atoms with E-state index in [9.17, 15) is 4.79 Å². The van der Waals surface area contributed by atoms with Crippen LogP contribution in [0.3, 0.4) is 0 Å². The van der Waals surface area contributed by atoms with Gasteiger partial charge in [-0.2, -0.15) is 5.10 Å². The van der Waals surface area contributed by atoms with Crippen LogP contribution >= 0.6 is 0 Å². The van der Waals surface area contributed by atoms with Crippen LogP contribution in [0, 0.1) is 6.92 Å². The van der Waals surface area contributed by atoms with Crippen molar-refractivity contribution in [3.8, 4) is 11.5 Å². The molecule has 0 spiro atoms. The van der Waals surface area contributed by atoms with Gasteiger partial charge >= 0.3 is 0 Å². The quantitative estimate of drug-likeness (QED) is 0.718. The first-order valence-electron chi connectivity index (χ1n) is 9.24. The number of nitrogens with zero attached hydrogens (tertiary/aromatic N) is 4. The van der Waals surface area contributed by atoms with Crippen molar-refractivity contribution >= 4 is 5.91 Å². The summed E-state index contributed by atoms with van der Waals surface area (Å²) in [6.07, 6.45) is 8.95. The molecule has 0 saturated carbocycles. The van der Waals surface area contributed by atoms with Crippen LogP contribution in [0.2, 0.25) is 0 Å². The van der Waals surface area contributed by atoms with Gasteiger partial charge in [0, 0.05) is 25.0 Å². The molecule has 1 fully saturated rings. The van der Waals surface area contributed by atoms with Gasteiger partial charge in [-0.25, -0.2) is 4.68 Å². The predicted octanol–water partition coefficient (Wildman–Crippen LogP) is 3.99. The van der Waals surface area contributed by atoms with Crippen LogP contribution < -0.4 is 0 Å². The number of likely N-dealkylation sites (tertiary alicyclic amines) is 1. The van der Waals surface area contributed by atoms with Crippen molar-refractivity contribution in [1.82, 2.24) is 19.2 Å². The van der Waals surface area contributed by atoms with E-state index < -0.39 is 0 Å². The van der Waals surface area contributed by atoms with Gasteiger partial charge in [0.25, 0.3) is 5.91 Å². The predicted molar refractivity (Wildman–Crippen MR) is 102 cm³/mol. The Morgan fingerprint density at radius 1 is 1.15 bits per heavy atom. The SMILES string of the molecule is Cc1cccc(-n2ncc(C(=O)N3CCCCC3C)c2-n2cccc2)c1. The molecule has 0 N–H and O–H groups in total. The molecule has 134 valence electrons. The van der Waals surface area contributed by atoms with Gasteiger partial charge < -0.3 is 9.47 Å². The molecule has 3 aromatic rings. The maximum Gasteiger partial charge on any atom is 0.259 e. The molecule has 1 aliphatic heterocycles. The summed E-state index contributed by atoms with van der Waals surface area (Å²) in [4.78, 5) is 15.3. The number of piperidine rings is 1. The fourth-order valence-electron chi connectivity index (χ4n) is 3.72. The summed E-state index contributed by atoms with van der Waals surface area (Å²) < 4.78 is 3.83. The number of benzene rings is 1. The lowest BCUT2D eigenvalue weighted by atomic mass is 10.0. The highest BCUT2D eigenvalue weighted by atomic mass is 16.2. The summed E-state index contributed by atoms with van der Waals surface area (Å²) in [5, 5.41) is 4.57. The fraction of sp³-hybridized carbons (Fsp3) is 0.333. The summed E-state index contributed by atoms with van der Waals surface area (Å²) in [7, 11) is 0. The Hall–Kier alpha value is -2.82. The van der Waals surface area contributed by atoms with Crippen molar-refractivity contribution in [2.45, 2.75) is 39.2 Å². The molecular formula is C21H24N4O. The molecule has 3 heterocycles. The van der Waals surface area contributed by atoms with E-state index in [2.05, 4.69) is 31.1 Å². The second kappa shape index (κ2) is 6.83. The van der Waals surface area contributed by atoms with Crippen molar-refractivity contribution in [2.75, 3.05) is 6.54 Å². The van der Waals surface area contributed by atoms with Crippen LogP contribution in [0.25, 0.3) is 11.5 Å². The van der Waals surface area contributed by atoms with Crippen molar-refractivity contribution in [1.29, 1.82) is 0 Å². The van der Waals surface area contributed by atoms with Crippen LogP contribution in [-0.4, -0.2) is 37.7 Å². The van der Waals surface area contributed by atoms with Gasteiger partial charge in [-0.3, -0.25) is 4.79 Å². The molecule has 0 radical (unpaired) electrons. The normalized spacial score (nSPS) is 17.5. The number of hydrogen-bond acceptors (Lipinski definition) is 2. The third kappa shape index (κ3) is 2.94. The number of carbonyl (C=O) groups excluding carboxylic acids is 1. The highest BCUT2D eigenvalue weighted by Gasteiger charge is 2.28. The number of aromatic nitrogens is 3. The Morgan fingerprint density at radius 2 is 1.96 bits per heavy atom. The number of carbonyl (C=O) groups is 1. The second-order valence-corrected chi connectivity index (χ2v) is 7.07. The third-order valence-corrected chi connectivity index (χ3v) is 5.13. The molecule has 1 saturated heterocycles. The lowest BCUT2D eigenvalue weighted by Crippen LogP contribution is -2.42. The second-order valence-electron chi connectivity index (χ2n) is 7.07. The van der Waals surface area contributed by atoms with E-state index in [-0.39, 0.29) is 11.9 Å². The zero-order chi connectivity index (χ0) is 18.1. The Kier molecular flexibility index (Phi) is 4.37. The maximum atomic E-state index is 13.3. The zero-order valence-electron chi connectivity index (χ0n) is 15.3. The highest BCUT2D eigenvalue weighted by Crippen LogP contribution is 2.25. The highest BCUT2D eigenvalue weighted by molar-refractivity contribution is 5.97. The van der Waals surface area contributed by atoms with Gasteiger partial charge in [-0.05, 0) is 62.9 Å². The molecule has 2 aromatic heterocycles. The standard InChI is InChI=1S/C21H24N4O/c1-16-8-7-10-18(14-16)25-20(23-11-5-6-12-23)19(15-22-25)21(26)24-13-4-3-9-17(24)2/h5-8,10-12,14-15,17H,3-4,9,13H2,1-2H3. The van der Waals surface area contributed by atoms with Crippen LogP contribution in [0.15, 0.2) is 55.0 Å². The monoisotopic (exact) mass is 348 g/mol. The topological polar surface area (TPSA) is 43.1 Å². The van der Waals surface area contributed by atoms with Crippen molar-refractivity contribution < 1.29 is 4.79 Å². The van der Waals surface area contributed by atoms with Gasteiger partial charge in [0.15, 0.2) is 5.82 Å². The van der Waals surface area contributed by atoms with Gasteiger partial charge in [-0.1, -0.05) is 12.1 Å². The molecule has 1 aromatic carbocycles. The van der Waals surface area contributed by atoms with Gasteiger partial charge in [0.2, 0.25) is 0 Å². The minimum atomic E-state index is 0.0693. The number of aryl methyl sites for hydroxylation is 1. The molecule has 1 amide bonds. The average molecular weight is 348 g/mol. The molecule has 0 bridgehead atoms. The first-order valence-corrected chi connectivity index (χ1v) is 9.24. The summed E-state index contributed by atoms with van der Waals surface area (Å²) >= 11 is 0. The van der Waals surface area contributed by atoms with E-state index in [0.29, 0.717) is 5.56 Å². The van der Waals surface area contributed by atoms with E-state index in [1.807, 2.05) is 50.8 Å². The number of amides is 1. The van der Waals surface area contributed by atoms with Crippen LogP contribution in [0.5, 0.6) is 0 Å². The number of rotatable bonds is 3. The van der Waals surface area contributed by atoms with Crippen molar-refractivity contribution in [2.24, 2.45) is 0 Å². The van der Waals surface area contributed by atoms with E-state index in [1.54, 1.807) is 6.20 Å². The first kappa shape index (κ1) is 16.6. The Morgan fingerprint density at radius 3 is 2.69 bits per heavy atom. The zero-order valence-corrected chi connectivity index (χ0v) is 15.3. The molecular weight excluding hydrogens is 324 g/mol. The van der Waals surface area contributed by atoms with E-state index in [4.69, 9.17) is 0 Å². The fourth-order valence-corrected chi connectivity index (χ4v) is 3.72. The molecule has 1 aliphatic rings. The molecule has 0 aliphatic carbocycles. The summed E-state index contributed by atoms with van der Waals surface area (Å²) in [6.45, 7) is 5.02. The van der Waals surface area contributed by atoms with Gasteiger partial charge in [0.05, 0.1) is 11.9 Å². The van der Waals surface area contributed by atoms with E-state index >= 15 is 0 Å². The molecule has 26 heavy (non-hydrogen) atoms. The molecule has 4 rings (SSSR count). The lowest BCUT2D eigenvalue weighted by Gasteiger charge is -2.33. The van der Waals surface area contributed by atoms with E-state index in [1.165, 1.54) is 6.42 Å². The van der Waals surface area contributed by atoms with Crippen LogP contribution in [0.1, 0.15) is 42.1 Å². The minimum Gasteiger partial charge on any atom is -0.336 e. The van der Waals surface area contributed by atoms with Crippen LogP contribution in [-0.2, 0) is 0 Å². The van der Waals surface area contributed by atoms with Crippen LogP contribution in [0.4, 0.5) is 0 Å². The first-order chi connectivity index (χ1) is 12.6. The van der Waals surface area contributed by atoms with Gasteiger partial charge in [0.1, 0.15) is 5.56 Å². The van der Waals surface area contributed by atoms with Gasteiger partial charge in [-0.15, -0.1) is 0 Å². The summed E-state index contributed by atoms with van der Waals surface area (Å²) in [5.41, 5.74) is 2.77. The Labute approximate surface area is 153 Å². The maximum absolute atomic E-state index is 13.3. The largest absolute Gasteiger partial charge is 0.336 e. The molecule has 5 heteroatoms. The summed E-state index contributed by atoms with van der Waals surface area (Å²) in [6, 6.07) is 12.4. The summed E-state index contributed by atoms with van der Waals surface area (Å²) in [5.74, 6) is 0.864. The average Bonchev–Trinajstić information content (AvgIpc) is 3.31. The van der Waals surface area contributed by atoms with Crippen molar-refractivity contribution in [3.05, 3.63) is 66.1 Å². The molecule has 5 nitrogen and oxygen atoms in total. The molecule has 1 atom stereocenters. The number of hydrogen-bond donors (Lipinski definition) is 0. The lowest BCUT2D eigenvalue weighted by molar-refractivity contribution is 0.0635. The Bertz CT molecular complexity index is 910. The van der Waals surface area contributed by atoms with E-state index in [0.717, 1.165) is 36.5 Å². The Balaban J connectivity index is 1.82. The molecule has 1 unspecified atom stereocenters. The van der Waals surface area contributed by atoms with Crippen molar-refractivity contribution in [3.63, 3.8) is 0 Å². The minimum absolute atomic E-state index is 0.0693. The smallest absolute Gasteiger partial charge is 0.259 e. The third-order valence-electron chi connectivity index (χ3n) is 5.13.